The molecule has 3 aromatic carbocycles. The number of carbonyl (C=O) groups excluding carboxylic acids is 2. The van der Waals surface area contributed by atoms with Crippen molar-refractivity contribution in [3.05, 3.63) is 83.4 Å². The number of para-hydroxylation sites is 1. The van der Waals surface area contributed by atoms with E-state index in [0.29, 0.717) is 47.0 Å². The molecule has 0 bridgehead atoms. The SMILES string of the molecule is CCS(=O)(=O)N(C)c1ccc(C(=O)Nc2ccccc2C(=O)NCCc2ccc(OC)c(OC)c2)cc1. The first-order valence-electron chi connectivity index (χ1n) is 11.7. The van der Waals surface area contributed by atoms with Gasteiger partial charge in [0.25, 0.3) is 11.8 Å². The standard InChI is InChI=1S/C27H31N3O6S/c1-5-37(33,34)30(2)21-13-11-20(12-14-21)26(31)29-23-9-7-6-8-22(23)27(32)28-17-16-19-10-15-24(35-3)25(18-19)36-4/h6-15,18H,5,16-17H2,1-4H3,(H,28,32)(H,29,31). The van der Waals surface area contributed by atoms with Gasteiger partial charge in [-0.1, -0.05) is 18.2 Å². The zero-order valence-electron chi connectivity index (χ0n) is 21.3. The van der Waals surface area contributed by atoms with Gasteiger partial charge in [0.1, 0.15) is 0 Å². The monoisotopic (exact) mass is 525 g/mol. The van der Waals surface area contributed by atoms with Gasteiger partial charge in [0.2, 0.25) is 10.0 Å². The second kappa shape index (κ2) is 12.3. The molecule has 0 saturated carbocycles. The summed E-state index contributed by atoms with van der Waals surface area (Å²) in [5, 5.41) is 5.65. The highest BCUT2D eigenvalue weighted by molar-refractivity contribution is 7.92. The topological polar surface area (TPSA) is 114 Å². The van der Waals surface area contributed by atoms with Gasteiger partial charge in [0.05, 0.1) is 36.9 Å². The van der Waals surface area contributed by atoms with Gasteiger partial charge >= 0.3 is 0 Å². The third-order valence-corrected chi connectivity index (χ3v) is 7.62. The highest BCUT2D eigenvalue weighted by atomic mass is 32.2. The summed E-state index contributed by atoms with van der Waals surface area (Å²) < 4.78 is 35.9. The number of ether oxygens (including phenoxy) is 2. The largest absolute Gasteiger partial charge is 0.493 e. The van der Waals surface area contributed by atoms with Crippen LogP contribution in [-0.2, 0) is 16.4 Å². The van der Waals surface area contributed by atoms with Crippen LogP contribution in [-0.4, -0.2) is 53.8 Å². The number of nitrogens with one attached hydrogen (secondary N) is 2. The summed E-state index contributed by atoms with van der Waals surface area (Å²) in [5.74, 6) is 0.480. The second-order valence-corrected chi connectivity index (χ2v) is 10.4. The van der Waals surface area contributed by atoms with Crippen LogP contribution in [0.2, 0.25) is 0 Å². The molecular formula is C27H31N3O6S. The van der Waals surface area contributed by atoms with Crippen LogP contribution in [0.1, 0.15) is 33.2 Å². The molecular weight excluding hydrogens is 494 g/mol. The molecule has 0 saturated heterocycles. The lowest BCUT2D eigenvalue weighted by atomic mass is 10.1. The molecule has 0 aromatic heterocycles. The van der Waals surface area contributed by atoms with Gasteiger partial charge in [-0.25, -0.2) is 8.42 Å². The highest BCUT2D eigenvalue weighted by Crippen LogP contribution is 2.27. The number of nitrogens with zero attached hydrogens (tertiary/aromatic N) is 1. The third-order valence-electron chi connectivity index (χ3n) is 5.84. The van der Waals surface area contributed by atoms with E-state index in [1.165, 1.54) is 23.5 Å². The Morgan fingerprint density at radius 3 is 2.22 bits per heavy atom. The minimum atomic E-state index is -3.40. The van der Waals surface area contributed by atoms with Crippen LogP contribution >= 0.6 is 0 Å². The quantitative estimate of drug-likeness (QED) is 0.395. The van der Waals surface area contributed by atoms with E-state index in [4.69, 9.17) is 9.47 Å². The Balaban J connectivity index is 1.65. The van der Waals surface area contributed by atoms with Crippen molar-refractivity contribution >= 4 is 33.2 Å². The van der Waals surface area contributed by atoms with Crippen molar-refractivity contribution in [2.24, 2.45) is 0 Å². The molecule has 37 heavy (non-hydrogen) atoms. The van der Waals surface area contributed by atoms with Crippen molar-refractivity contribution in [1.82, 2.24) is 5.32 Å². The molecule has 0 heterocycles. The van der Waals surface area contributed by atoms with E-state index in [1.807, 2.05) is 18.2 Å². The maximum absolute atomic E-state index is 12.9. The fourth-order valence-electron chi connectivity index (χ4n) is 3.61. The zero-order valence-corrected chi connectivity index (χ0v) is 22.1. The number of rotatable bonds is 11. The van der Waals surface area contributed by atoms with Crippen molar-refractivity contribution in [2.75, 3.05) is 43.2 Å². The van der Waals surface area contributed by atoms with Gasteiger partial charge in [-0.15, -0.1) is 0 Å². The Hall–Kier alpha value is -4.05. The number of carbonyl (C=O) groups is 2. The highest BCUT2D eigenvalue weighted by Gasteiger charge is 2.17. The van der Waals surface area contributed by atoms with E-state index in [2.05, 4.69) is 10.6 Å². The fraction of sp³-hybridized carbons (Fsp3) is 0.259. The molecule has 3 rings (SSSR count). The molecule has 0 aliphatic carbocycles. The van der Waals surface area contributed by atoms with E-state index in [0.717, 1.165) is 5.56 Å². The molecule has 2 N–H and O–H groups in total. The molecule has 196 valence electrons. The second-order valence-electron chi connectivity index (χ2n) is 8.11. The number of sulfonamides is 1. The van der Waals surface area contributed by atoms with E-state index in [1.54, 1.807) is 57.5 Å². The normalized spacial score (nSPS) is 10.9. The summed E-state index contributed by atoms with van der Waals surface area (Å²) in [6.45, 7) is 1.95. The summed E-state index contributed by atoms with van der Waals surface area (Å²) in [6.07, 6.45) is 0.579. The number of anilines is 2. The number of methoxy groups -OCH3 is 2. The molecule has 0 radical (unpaired) electrons. The summed E-state index contributed by atoms with van der Waals surface area (Å²) in [7, 11) is 1.20. The Morgan fingerprint density at radius 2 is 1.57 bits per heavy atom. The molecule has 3 aromatic rings. The number of hydrogen-bond acceptors (Lipinski definition) is 6. The Bertz CT molecular complexity index is 1360. The van der Waals surface area contributed by atoms with Gasteiger partial charge in [0, 0.05) is 19.2 Å². The Kier molecular flexibility index (Phi) is 9.13. The molecule has 2 amide bonds. The van der Waals surface area contributed by atoms with E-state index in [-0.39, 0.29) is 11.7 Å². The Morgan fingerprint density at radius 1 is 0.892 bits per heavy atom. The number of hydrogen-bond donors (Lipinski definition) is 2. The van der Waals surface area contributed by atoms with Crippen LogP contribution in [0.25, 0.3) is 0 Å². The average Bonchev–Trinajstić information content (AvgIpc) is 2.92. The van der Waals surface area contributed by atoms with E-state index < -0.39 is 15.9 Å². The zero-order chi connectivity index (χ0) is 27.0. The molecule has 0 fully saturated rings. The minimum Gasteiger partial charge on any atom is -0.493 e. The first-order valence-corrected chi connectivity index (χ1v) is 13.3. The predicted octanol–water partition coefficient (Wildman–Crippen LogP) is 3.71. The molecule has 0 aliphatic rings. The predicted molar refractivity (Wildman–Crippen MR) is 144 cm³/mol. The fourth-order valence-corrected chi connectivity index (χ4v) is 4.44. The summed E-state index contributed by atoms with van der Waals surface area (Å²) in [5.41, 5.74) is 2.45. The molecule has 0 atom stereocenters. The van der Waals surface area contributed by atoms with Crippen molar-refractivity contribution in [3.8, 4) is 11.5 Å². The third kappa shape index (κ3) is 6.79. The maximum atomic E-state index is 12.9. The van der Waals surface area contributed by atoms with Crippen molar-refractivity contribution < 1.29 is 27.5 Å². The van der Waals surface area contributed by atoms with Crippen molar-refractivity contribution in [2.45, 2.75) is 13.3 Å². The van der Waals surface area contributed by atoms with Gasteiger partial charge in [-0.2, -0.15) is 0 Å². The summed E-state index contributed by atoms with van der Waals surface area (Å²) in [6, 6.07) is 18.5. The van der Waals surface area contributed by atoms with Gasteiger partial charge in [0.15, 0.2) is 11.5 Å². The average molecular weight is 526 g/mol. The van der Waals surface area contributed by atoms with Crippen LogP contribution in [0.5, 0.6) is 11.5 Å². The number of benzene rings is 3. The van der Waals surface area contributed by atoms with Crippen LogP contribution in [0.3, 0.4) is 0 Å². The van der Waals surface area contributed by atoms with Gasteiger partial charge in [-0.3, -0.25) is 13.9 Å². The van der Waals surface area contributed by atoms with E-state index >= 15 is 0 Å². The van der Waals surface area contributed by atoms with Crippen LogP contribution in [0, 0.1) is 0 Å². The van der Waals surface area contributed by atoms with Gasteiger partial charge in [-0.05, 0) is 67.4 Å². The smallest absolute Gasteiger partial charge is 0.255 e. The lowest BCUT2D eigenvalue weighted by molar-refractivity contribution is 0.0955. The summed E-state index contributed by atoms with van der Waals surface area (Å²) in [4.78, 5) is 25.7. The first-order chi connectivity index (χ1) is 17.7. The first kappa shape index (κ1) is 27.5. The van der Waals surface area contributed by atoms with E-state index in [9.17, 15) is 18.0 Å². The molecule has 10 heteroatoms. The molecule has 0 aliphatic heterocycles. The Labute approximate surface area is 217 Å². The molecule has 0 spiro atoms. The maximum Gasteiger partial charge on any atom is 0.255 e. The number of amides is 2. The minimum absolute atomic E-state index is 0.0289. The van der Waals surface area contributed by atoms with Crippen LogP contribution < -0.4 is 24.4 Å². The molecule has 0 unspecified atom stereocenters. The molecule has 9 nitrogen and oxygen atoms in total. The summed E-state index contributed by atoms with van der Waals surface area (Å²) >= 11 is 0. The van der Waals surface area contributed by atoms with Crippen molar-refractivity contribution in [1.29, 1.82) is 0 Å². The lowest BCUT2D eigenvalue weighted by Gasteiger charge is -2.18. The lowest BCUT2D eigenvalue weighted by Crippen LogP contribution is -2.28. The van der Waals surface area contributed by atoms with Gasteiger partial charge < -0.3 is 20.1 Å². The van der Waals surface area contributed by atoms with Crippen molar-refractivity contribution in [3.63, 3.8) is 0 Å². The van der Waals surface area contributed by atoms with Crippen LogP contribution in [0.4, 0.5) is 11.4 Å². The van der Waals surface area contributed by atoms with Crippen LogP contribution in [0.15, 0.2) is 66.7 Å².